The van der Waals surface area contributed by atoms with Crippen LogP contribution >= 0.6 is 0 Å². The molecule has 2 heterocycles. The molecule has 0 spiro atoms. The van der Waals surface area contributed by atoms with Gasteiger partial charge in [0.25, 0.3) is 5.69 Å². The molecule has 0 saturated heterocycles. The lowest BCUT2D eigenvalue weighted by Crippen LogP contribution is -2.02. The van der Waals surface area contributed by atoms with E-state index in [1.54, 1.807) is 23.0 Å². The summed E-state index contributed by atoms with van der Waals surface area (Å²) in [7, 11) is 1.90. The lowest BCUT2D eigenvalue weighted by atomic mass is 10.1. The van der Waals surface area contributed by atoms with Crippen LogP contribution in [-0.2, 0) is 20.0 Å². The summed E-state index contributed by atoms with van der Waals surface area (Å²) < 4.78 is 1.80. The van der Waals surface area contributed by atoms with E-state index in [9.17, 15) is 10.1 Å². The van der Waals surface area contributed by atoms with E-state index in [4.69, 9.17) is 0 Å². The van der Waals surface area contributed by atoms with E-state index in [0.29, 0.717) is 11.9 Å². The standard InChI is InChI=1S/C16H17N5O2/c1-3-14-11(10-20(2)19-14)8-18-15-4-5-16(21(22)23)13-9-17-7-6-12(13)15/h4-7,9-10,18H,3,8H2,1-2H3. The third kappa shape index (κ3) is 2.85. The lowest BCUT2D eigenvalue weighted by Gasteiger charge is -2.09. The summed E-state index contributed by atoms with van der Waals surface area (Å²) >= 11 is 0. The van der Waals surface area contributed by atoms with Crippen molar-refractivity contribution in [2.75, 3.05) is 5.32 Å². The zero-order chi connectivity index (χ0) is 16.4. The summed E-state index contributed by atoms with van der Waals surface area (Å²) in [6.45, 7) is 2.69. The predicted molar refractivity (Wildman–Crippen MR) is 88.3 cm³/mol. The highest BCUT2D eigenvalue weighted by Gasteiger charge is 2.14. The molecule has 0 aliphatic carbocycles. The molecule has 23 heavy (non-hydrogen) atoms. The quantitative estimate of drug-likeness (QED) is 0.578. The fourth-order valence-corrected chi connectivity index (χ4v) is 2.71. The summed E-state index contributed by atoms with van der Waals surface area (Å²) in [4.78, 5) is 14.8. The SMILES string of the molecule is CCc1nn(C)cc1CNc1ccc([N+](=O)[O-])c2cnccc12. The molecule has 0 aliphatic rings. The third-order valence-corrected chi connectivity index (χ3v) is 3.79. The smallest absolute Gasteiger partial charge is 0.278 e. The minimum absolute atomic E-state index is 0.0641. The van der Waals surface area contributed by atoms with Crippen molar-refractivity contribution in [2.24, 2.45) is 7.05 Å². The summed E-state index contributed by atoms with van der Waals surface area (Å²) in [5, 5.41) is 20.2. The molecule has 0 radical (unpaired) electrons. The van der Waals surface area contributed by atoms with Gasteiger partial charge in [-0.1, -0.05) is 6.92 Å². The molecule has 3 aromatic rings. The van der Waals surface area contributed by atoms with Crippen molar-refractivity contribution in [3.8, 4) is 0 Å². The van der Waals surface area contributed by atoms with E-state index in [2.05, 4.69) is 22.3 Å². The number of non-ortho nitro benzene ring substituents is 1. The lowest BCUT2D eigenvalue weighted by molar-refractivity contribution is -0.383. The van der Waals surface area contributed by atoms with Crippen molar-refractivity contribution in [1.82, 2.24) is 14.8 Å². The van der Waals surface area contributed by atoms with Crippen LogP contribution in [-0.4, -0.2) is 19.7 Å². The first-order valence-corrected chi connectivity index (χ1v) is 7.36. The average Bonchev–Trinajstić information content (AvgIpc) is 2.92. The Morgan fingerprint density at radius 3 is 2.87 bits per heavy atom. The normalized spacial score (nSPS) is 10.9. The molecule has 118 valence electrons. The van der Waals surface area contributed by atoms with Gasteiger partial charge in [0, 0.05) is 54.9 Å². The van der Waals surface area contributed by atoms with Crippen LogP contribution in [0.2, 0.25) is 0 Å². The fraction of sp³-hybridized carbons (Fsp3) is 0.250. The molecule has 0 aliphatic heterocycles. The zero-order valence-electron chi connectivity index (χ0n) is 13.0. The van der Waals surface area contributed by atoms with Crippen LogP contribution in [0.1, 0.15) is 18.2 Å². The first-order valence-electron chi connectivity index (χ1n) is 7.36. The van der Waals surface area contributed by atoms with Crippen molar-refractivity contribution in [3.05, 3.63) is 58.2 Å². The van der Waals surface area contributed by atoms with Gasteiger partial charge in [-0.3, -0.25) is 19.8 Å². The molecule has 7 heteroatoms. The Morgan fingerprint density at radius 1 is 1.30 bits per heavy atom. The first-order chi connectivity index (χ1) is 11.1. The second-order valence-corrected chi connectivity index (χ2v) is 5.29. The number of benzene rings is 1. The van der Waals surface area contributed by atoms with Crippen LogP contribution in [0, 0.1) is 10.1 Å². The molecular weight excluding hydrogens is 294 g/mol. The number of anilines is 1. The van der Waals surface area contributed by atoms with E-state index in [1.165, 1.54) is 12.3 Å². The van der Waals surface area contributed by atoms with Gasteiger partial charge in [0.05, 0.1) is 16.0 Å². The summed E-state index contributed by atoms with van der Waals surface area (Å²) in [5.74, 6) is 0. The maximum absolute atomic E-state index is 11.1. The second-order valence-electron chi connectivity index (χ2n) is 5.29. The Labute approximate surface area is 133 Å². The Kier molecular flexibility index (Phi) is 3.92. The Hall–Kier alpha value is -2.96. The highest BCUT2D eigenvalue weighted by Crippen LogP contribution is 2.31. The number of nitro groups is 1. The molecule has 0 atom stereocenters. The van der Waals surface area contributed by atoms with Gasteiger partial charge in [0.1, 0.15) is 0 Å². The fourth-order valence-electron chi connectivity index (χ4n) is 2.71. The van der Waals surface area contributed by atoms with Crippen LogP contribution in [0.3, 0.4) is 0 Å². The van der Waals surface area contributed by atoms with Gasteiger partial charge in [-0.15, -0.1) is 0 Å². The molecule has 0 unspecified atom stereocenters. The predicted octanol–water partition coefficient (Wildman–Crippen LogP) is 3.05. The third-order valence-electron chi connectivity index (χ3n) is 3.79. The maximum Gasteiger partial charge on any atom is 0.278 e. The van der Waals surface area contributed by atoms with Crippen LogP contribution in [0.5, 0.6) is 0 Å². The molecule has 0 amide bonds. The van der Waals surface area contributed by atoms with Gasteiger partial charge in [0.2, 0.25) is 0 Å². The molecule has 0 fully saturated rings. The topological polar surface area (TPSA) is 85.9 Å². The number of fused-ring (bicyclic) bond motifs is 1. The number of hydrogen-bond acceptors (Lipinski definition) is 5. The van der Waals surface area contributed by atoms with Gasteiger partial charge >= 0.3 is 0 Å². The molecule has 1 N–H and O–H groups in total. The number of nitrogens with zero attached hydrogens (tertiary/aromatic N) is 4. The number of pyridine rings is 1. The van der Waals surface area contributed by atoms with Gasteiger partial charge in [-0.05, 0) is 18.6 Å². The number of nitro benzene ring substituents is 1. The Bertz CT molecular complexity index is 872. The Morgan fingerprint density at radius 2 is 2.13 bits per heavy atom. The number of aromatic nitrogens is 3. The summed E-state index contributed by atoms with van der Waals surface area (Å²) in [6, 6.07) is 5.04. The molecular formula is C16H17N5O2. The van der Waals surface area contributed by atoms with Crippen molar-refractivity contribution in [3.63, 3.8) is 0 Å². The minimum Gasteiger partial charge on any atom is -0.380 e. The zero-order valence-corrected chi connectivity index (χ0v) is 13.0. The number of rotatable bonds is 5. The summed E-state index contributed by atoms with van der Waals surface area (Å²) in [6.07, 6.45) is 6.02. The largest absolute Gasteiger partial charge is 0.380 e. The molecule has 0 bridgehead atoms. The van der Waals surface area contributed by atoms with Gasteiger partial charge < -0.3 is 5.32 Å². The van der Waals surface area contributed by atoms with Crippen LogP contribution in [0.15, 0.2) is 36.8 Å². The first kappa shape index (κ1) is 15.0. The van der Waals surface area contributed by atoms with E-state index in [0.717, 1.165) is 28.8 Å². The molecule has 1 aromatic carbocycles. The number of aryl methyl sites for hydroxylation is 2. The molecule has 7 nitrogen and oxygen atoms in total. The Balaban J connectivity index is 1.94. The van der Waals surface area contributed by atoms with Gasteiger partial charge in [0.15, 0.2) is 0 Å². The van der Waals surface area contributed by atoms with Crippen molar-refractivity contribution in [1.29, 1.82) is 0 Å². The van der Waals surface area contributed by atoms with E-state index in [1.807, 2.05) is 13.2 Å². The molecule has 3 rings (SSSR count). The van der Waals surface area contributed by atoms with Crippen LogP contribution in [0.4, 0.5) is 11.4 Å². The minimum atomic E-state index is -0.385. The highest BCUT2D eigenvalue weighted by molar-refractivity contribution is 5.99. The van der Waals surface area contributed by atoms with Crippen LogP contribution < -0.4 is 5.32 Å². The van der Waals surface area contributed by atoms with Gasteiger partial charge in [-0.2, -0.15) is 5.10 Å². The molecule has 2 aromatic heterocycles. The van der Waals surface area contributed by atoms with Crippen molar-refractivity contribution in [2.45, 2.75) is 19.9 Å². The van der Waals surface area contributed by atoms with Crippen molar-refractivity contribution < 1.29 is 4.92 Å². The van der Waals surface area contributed by atoms with E-state index < -0.39 is 0 Å². The van der Waals surface area contributed by atoms with Gasteiger partial charge in [-0.25, -0.2) is 0 Å². The van der Waals surface area contributed by atoms with E-state index in [-0.39, 0.29) is 10.6 Å². The van der Waals surface area contributed by atoms with Crippen molar-refractivity contribution >= 4 is 22.1 Å². The summed E-state index contributed by atoms with van der Waals surface area (Å²) in [5.41, 5.74) is 3.08. The van der Waals surface area contributed by atoms with Crippen LogP contribution in [0.25, 0.3) is 10.8 Å². The second kappa shape index (κ2) is 6.04. The average molecular weight is 311 g/mol. The highest BCUT2D eigenvalue weighted by atomic mass is 16.6. The number of hydrogen-bond donors (Lipinski definition) is 1. The van der Waals surface area contributed by atoms with E-state index >= 15 is 0 Å². The monoisotopic (exact) mass is 311 g/mol. The molecule has 0 saturated carbocycles. The number of nitrogens with one attached hydrogen (secondary N) is 1. The maximum atomic E-state index is 11.1.